The number of thiazole rings is 1. The van der Waals surface area contributed by atoms with Crippen LogP contribution in [0.15, 0.2) is 51.4 Å². The van der Waals surface area contributed by atoms with Crippen molar-refractivity contribution in [2.75, 3.05) is 27.6 Å². The third kappa shape index (κ3) is 4.36. The number of carbonyl (C=O) groups excluding carboxylic acids is 1. The molecule has 11 heteroatoms. The Hall–Kier alpha value is -3.76. The highest BCUT2D eigenvalue weighted by molar-refractivity contribution is 7.07. The molecule has 0 radical (unpaired) electrons. The lowest BCUT2D eigenvalue weighted by atomic mass is 9.94. The maximum atomic E-state index is 13.9. The van der Waals surface area contributed by atoms with Crippen LogP contribution in [0.25, 0.3) is 6.08 Å². The minimum absolute atomic E-state index is 0.107. The predicted molar refractivity (Wildman–Crippen MR) is 138 cm³/mol. The lowest BCUT2D eigenvalue weighted by molar-refractivity contribution is -0.139. The molecule has 192 valence electrons. The summed E-state index contributed by atoms with van der Waals surface area (Å²) in [7, 11) is 3.07. The summed E-state index contributed by atoms with van der Waals surface area (Å²) in [5, 5.41) is 0.407. The molecular formula is C26H23ClN2O7S. The highest BCUT2D eigenvalue weighted by atomic mass is 35.5. The van der Waals surface area contributed by atoms with Crippen LogP contribution in [-0.4, -0.2) is 38.2 Å². The molecule has 2 aromatic carbocycles. The van der Waals surface area contributed by atoms with E-state index in [9.17, 15) is 9.59 Å². The summed E-state index contributed by atoms with van der Waals surface area (Å²) < 4.78 is 29.1. The number of allylic oxidation sites excluding steroid dienone is 1. The van der Waals surface area contributed by atoms with Gasteiger partial charge in [-0.2, -0.15) is 0 Å². The molecule has 1 atom stereocenters. The van der Waals surface area contributed by atoms with Gasteiger partial charge < -0.3 is 23.7 Å². The largest absolute Gasteiger partial charge is 0.497 e. The van der Waals surface area contributed by atoms with E-state index in [1.165, 1.54) is 23.0 Å². The van der Waals surface area contributed by atoms with Crippen LogP contribution < -0.4 is 33.8 Å². The Kier molecular flexibility index (Phi) is 6.70. The lowest BCUT2D eigenvalue weighted by Crippen LogP contribution is -2.40. The van der Waals surface area contributed by atoms with E-state index in [1.54, 1.807) is 57.4 Å². The van der Waals surface area contributed by atoms with Crippen molar-refractivity contribution in [2.45, 2.75) is 19.9 Å². The van der Waals surface area contributed by atoms with E-state index in [0.717, 1.165) is 0 Å². The summed E-state index contributed by atoms with van der Waals surface area (Å²) in [4.78, 5) is 32.0. The Morgan fingerprint density at radius 2 is 1.97 bits per heavy atom. The molecule has 0 amide bonds. The first-order valence-electron chi connectivity index (χ1n) is 11.4. The van der Waals surface area contributed by atoms with Crippen LogP contribution >= 0.6 is 22.9 Å². The van der Waals surface area contributed by atoms with E-state index >= 15 is 0 Å². The van der Waals surface area contributed by atoms with E-state index in [0.29, 0.717) is 54.2 Å². The topological polar surface area (TPSA) is 97.6 Å². The van der Waals surface area contributed by atoms with E-state index in [4.69, 9.17) is 35.3 Å². The summed E-state index contributed by atoms with van der Waals surface area (Å²) in [6.45, 7) is 3.72. The van der Waals surface area contributed by atoms with Gasteiger partial charge in [0.2, 0.25) is 6.79 Å². The third-order valence-electron chi connectivity index (χ3n) is 6.03. The first kappa shape index (κ1) is 24.9. The predicted octanol–water partition coefficient (Wildman–Crippen LogP) is 3.20. The Bertz CT molecular complexity index is 1620. The lowest BCUT2D eigenvalue weighted by Gasteiger charge is -2.26. The summed E-state index contributed by atoms with van der Waals surface area (Å²) in [5.41, 5.74) is 1.50. The van der Waals surface area contributed by atoms with Crippen molar-refractivity contribution >= 4 is 35.0 Å². The van der Waals surface area contributed by atoms with Crippen LogP contribution in [0.2, 0.25) is 5.02 Å². The van der Waals surface area contributed by atoms with Gasteiger partial charge in [-0.1, -0.05) is 22.9 Å². The van der Waals surface area contributed by atoms with Crippen LogP contribution in [0.3, 0.4) is 0 Å². The van der Waals surface area contributed by atoms with Gasteiger partial charge in [-0.05, 0) is 49.8 Å². The molecule has 2 aliphatic heterocycles. The van der Waals surface area contributed by atoms with Crippen molar-refractivity contribution in [1.29, 1.82) is 0 Å². The number of nitrogens with zero attached hydrogens (tertiary/aromatic N) is 2. The molecule has 3 heterocycles. The van der Waals surface area contributed by atoms with Crippen LogP contribution in [0.5, 0.6) is 23.0 Å². The minimum Gasteiger partial charge on any atom is -0.497 e. The Morgan fingerprint density at radius 3 is 2.68 bits per heavy atom. The molecule has 0 fully saturated rings. The molecular weight excluding hydrogens is 520 g/mol. The maximum absolute atomic E-state index is 13.9. The van der Waals surface area contributed by atoms with Gasteiger partial charge in [0, 0.05) is 11.6 Å². The zero-order chi connectivity index (χ0) is 26.3. The number of halogens is 1. The highest BCUT2D eigenvalue weighted by Gasteiger charge is 2.35. The quantitative estimate of drug-likeness (QED) is 0.441. The van der Waals surface area contributed by atoms with Gasteiger partial charge >= 0.3 is 5.97 Å². The number of esters is 1. The molecule has 0 bridgehead atoms. The van der Waals surface area contributed by atoms with Gasteiger partial charge in [0.25, 0.3) is 5.56 Å². The van der Waals surface area contributed by atoms with Gasteiger partial charge in [-0.25, -0.2) is 9.79 Å². The number of fused-ring (bicyclic) bond motifs is 2. The van der Waals surface area contributed by atoms with Crippen molar-refractivity contribution in [2.24, 2.45) is 4.99 Å². The number of benzene rings is 2. The summed E-state index contributed by atoms with van der Waals surface area (Å²) in [6, 6.07) is 7.74. The smallest absolute Gasteiger partial charge is 0.338 e. The second-order valence-corrected chi connectivity index (χ2v) is 9.55. The van der Waals surface area contributed by atoms with Gasteiger partial charge in [0.1, 0.15) is 17.5 Å². The zero-order valence-corrected chi connectivity index (χ0v) is 22.1. The minimum atomic E-state index is -0.852. The monoisotopic (exact) mass is 542 g/mol. The maximum Gasteiger partial charge on any atom is 0.338 e. The van der Waals surface area contributed by atoms with Crippen molar-refractivity contribution in [3.05, 3.63) is 77.4 Å². The zero-order valence-electron chi connectivity index (χ0n) is 20.5. The molecule has 2 aliphatic rings. The van der Waals surface area contributed by atoms with Gasteiger partial charge in [0.05, 0.1) is 41.7 Å². The Morgan fingerprint density at radius 1 is 1.22 bits per heavy atom. The number of hydrogen-bond donors (Lipinski definition) is 0. The van der Waals surface area contributed by atoms with Gasteiger partial charge in [0.15, 0.2) is 16.3 Å². The summed E-state index contributed by atoms with van der Waals surface area (Å²) in [5.74, 6) is 1.55. The second kappa shape index (κ2) is 9.95. The van der Waals surface area contributed by atoms with Crippen molar-refractivity contribution < 1.29 is 28.5 Å². The highest BCUT2D eigenvalue weighted by Crippen LogP contribution is 2.39. The van der Waals surface area contributed by atoms with Crippen molar-refractivity contribution in [1.82, 2.24) is 4.57 Å². The fourth-order valence-electron chi connectivity index (χ4n) is 4.32. The number of rotatable bonds is 6. The van der Waals surface area contributed by atoms with Crippen molar-refractivity contribution in [3.8, 4) is 23.0 Å². The normalized spacial score (nSPS) is 16.4. The average Bonchev–Trinajstić information content (AvgIpc) is 3.46. The number of hydrogen-bond acceptors (Lipinski definition) is 9. The number of aromatic nitrogens is 1. The first-order chi connectivity index (χ1) is 17.9. The third-order valence-corrected chi connectivity index (χ3v) is 7.34. The molecule has 1 aromatic heterocycles. The SMILES string of the molecule is CCOC(=O)C1=C(C)N=c2s/c(=C/c3cc4c(cc3Cl)OCO4)c(=O)n2[C@H]1c1cc(OC)ccc1OC. The molecule has 3 aromatic rings. The number of ether oxygens (including phenoxy) is 5. The molecule has 9 nitrogen and oxygen atoms in total. The molecule has 0 saturated carbocycles. The first-order valence-corrected chi connectivity index (χ1v) is 12.6. The average molecular weight is 543 g/mol. The number of methoxy groups -OCH3 is 2. The Balaban J connectivity index is 1.76. The Labute approximate surface area is 220 Å². The fourth-order valence-corrected chi connectivity index (χ4v) is 5.57. The molecule has 5 rings (SSSR count). The molecule has 0 saturated heterocycles. The molecule has 0 spiro atoms. The van der Waals surface area contributed by atoms with Crippen molar-refractivity contribution in [3.63, 3.8) is 0 Å². The van der Waals surface area contributed by atoms with Crippen LogP contribution in [0.1, 0.15) is 31.0 Å². The van der Waals surface area contributed by atoms with Gasteiger partial charge in [-0.15, -0.1) is 0 Å². The molecule has 37 heavy (non-hydrogen) atoms. The van der Waals surface area contributed by atoms with Crippen LogP contribution in [0, 0.1) is 0 Å². The van der Waals surface area contributed by atoms with Crippen LogP contribution in [-0.2, 0) is 9.53 Å². The number of carbonyl (C=O) groups is 1. The van der Waals surface area contributed by atoms with Crippen LogP contribution in [0.4, 0.5) is 0 Å². The molecule has 0 N–H and O–H groups in total. The summed E-state index contributed by atoms with van der Waals surface area (Å²) >= 11 is 7.65. The molecule has 0 aliphatic carbocycles. The van der Waals surface area contributed by atoms with E-state index in [1.807, 2.05) is 0 Å². The van der Waals surface area contributed by atoms with E-state index < -0.39 is 12.0 Å². The van der Waals surface area contributed by atoms with E-state index in [-0.39, 0.29) is 24.5 Å². The van der Waals surface area contributed by atoms with E-state index in [2.05, 4.69) is 4.99 Å². The standard InChI is InChI=1S/C26H23ClN2O7S/c1-5-34-25(31)22-13(2)28-26-29(23(22)16-10-15(32-3)6-7-18(16)33-4)24(30)21(37-26)9-14-8-19-20(11-17(14)27)36-12-35-19/h6-11,23H,5,12H2,1-4H3/b21-9+/t23-/m0/s1. The molecule has 0 unspecified atom stereocenters. The fraction of sp³-hybridized carbons (Fsp3) is 0.269. The summed E-state index contributed by atoms with van der Waals surface area (Å²) in [6.07, 6.45) is 1.68. The second-order valence-electron chi connectivity index (χ2n) is 8.14. The van der Waals surface area contributed by atoms with Gasteiger partial charge in [-0.3, -0.25) is 9.36 Å².